The predicted octanol–water partition coefficient (Wildman–Crippen LogP) is 6.42. The molecule has 0 saturated heterocycles. The average molecular weight is 730 g/mol. The van der Waals surface area contributed by atoms with Gasteiger partial charge in [-0.2, -0.15) is 0 Å². The van der Waals surface area contributed by atoms with Crippen molar-refractivity contribution >= 4 is 67.4 Å². The van der Waals surface area contributed by atoms with Crippen LogP contribution >= 0.6 is 46.4 Å². The third-order valence-corrected chi connectivity index (χ3v) is 8.74. The zero-order chi connectivity index (χ0) is 34.9. The number of benzene rings is 4. The third-order valence-electron chi connectivity index (χ3n) is 8.21. The van der Waals surface area contributed by atoms with Crippen molar-refractivity contribution in [1.82, 2.24) is 0 Å². The molecule has 0 amide bonds. The lowest BCUT2D eigenvalue weighted by Gasteiger charge is -2.20. The van der Waals surface area contributed by atoms with E-state index in [0.717, 1.165) is 0 Å². The zero-order valence-corrected chi connectivity index (χ0v) is 28.2. The molecule has 1 aliphatic rings. The molecule has 4 N–H and O–H groups in total. The van der Waals surface area contributed by atoms with Crippen molar-refractivity contribution < 1.29 is 39.6 Å². The Morgan fingerprint density at radius 3 is 0.646 bits per heavy atom. The minimum absolute atomic E-state index is 0.0532. The van der Waals surface area contributed by atoms with E-state index in [1.807, 2.05) is 0 Å². The summed E-state index contributed by atoms with van der Waals surface area (Å²) < 4.78 is 0. The summed E-state index contributed by atoms with van der Waals surface area (Å²) in [6.07, 6.45) is -0.884. The van der Waals surface area contributed by atoms with E-state index < -0.39 is 21.0 Å². The molecule has 0 aliphatic heterocycles. The molecule has 0 heterocycles. The van der Waals surface area contributed by atoms with Gasteiger partial charge in [-0.15, -0.1) is 0 Å². The van der Waals surface area contributed by atoms with Gasteiger partial charge in [-0.1, -0.05) is 48.5 Å². The number of aromatic hydroxyl groups is 4. The van der Waals surface area contributed by atoms with E-state index in [1.54, 1.807) is 48.5 Å². The molecule has 0 aromatic heterocycles. The normalized spacial score (nSPS) is 12.4. The lowest BCUT2D eigenvalue weighted by Crippen LogP contribution is -2.06. The highest BCUT2D eigenvalue weighted by Crippen LogP contribution is 2.39. The zero-order valence-electron chi connectivity index (χ0n) is 25.2. The van der Waals surface area contributed by atoms with Crippen molar-refractivity contribution in [2.45, 2.75) is 51.4 Å². The van der Waals surface area contributed by atoms with Crippen LogP contribution in [0.4, 0.5) is 0 Å². The van der Waals surface area contributed by atoms with Gasteiger partial charge in [0.05, 0.1) is 0 Å². The fourth-order valence-electron chi connectivity index (χ4n) is 6.28. The number of carbonyl (C=O) groups is 4. The Bertz CT molecular complexity index is 1620. The van der Waals surface area contributed by atoms with E-state index in [-0.39, 0.29) is 74.4 Å². The van der Waals surface area contributed by atoms with Gasteiger partial charge in [-0.25, -0.2) is 0 Å². The van der Waals surface area contributed by atoms with E-state index in [9.17, 15) is 39.6 Å². The van der Waals surface area contributed by atoms with Crippen LogP contribution < -0.4 is 0 Å². The van der Waals surface area contributed by atoms with E-state index in [0.29, 0.717) is 66.8 Å². The molecule has 8 nitrogen and oxygen atoms in total. The second-order valence-electron chi connectivity index (χ2n) is 11.9. The largest absolute Gasteiger partial charge is 0.507 e. The van der Waals surface area contributed by atoms with Gasteiger partial charge in [0.2, 0.25) is 21.0 Å². The summed E-state index contributed by atoms with van der Waals surface area (Å²) in [5, 5.41) is 43.6. The summed E-state index contributed by atoms with van der Waals surface area (Å²) in [7, 11) is 0. The molecule has 0 unspecified atom stereocenters. The number of hydrogen-bond donors (Lipinski definition) is 4. The first-order chi connectivity index (χ1) is 22.7. The fraction of sp³-hybridized carbons (Fsp3) is 0.222. The standard InChI is InChI=1S/C36H28Cl4O8/c37-29(41)9-17-1-21-13-23-3-18(10-30(38)42)4-25(34(23)46)15-26-7-20(12-32(40)44)8-28(36(26)48)16-27-6-19(11-31(39)43)5-24(35(27)47)14-22(2-17)33(21)45/h1-8,45-48H,9-16H2. The van der Waals surface area contributed by atoms with Gasteiger partial charge in [0.1, 0.15) is 23.0 Å². The summed E-state index contributed by atoms with van der Waals surface area (Å²) in [4.78, 5) is 47.7. The molecule has 8 bridgehead atoms. The van der Waals surface area contributed by atoms with Gasteiger partial charge < -0.3 is 20.4 Å². The van der Waals surface area contributed by atoms with Crippen LogP contribution in [-0.4, -0.2) is 41.4 Å². The minimum atomic E-state index is -0.642. The Balaban J connectivity index is 1.82. The van der Waals surface area contributed by atoms with Crippen LogP contribution in [0.3, 0.4) is 0 Å². The van der Waals surface area contributed by atoms with Gasteiger partial charge >= 0.3 is 0 Å². The van der Waals surface area contributed by atoms with Gasteiger partial charge in [-0.3, -0.25) is 19.2 Å². The molecule has 0 radical (unpaired) electrons. The summed E-state index contributed by atoms with van der Waals surface area (Å²) >= 11 is 22.9. The maximum atomic E-state index is 11.9. The van der Waals surface area contributed by atoms with Crippen LogP contribution in [0.5, 0.6) is 23.0 Å². The average Bonchev–Trinajstić information content (AvgIpc) is 2.96. The molecule has 4 aromatic carbocycles. The van der Waals surface area contributed by atoms with Crippen molar-refractivity contribution in [3.05, 3.63) is 115 Å². The fourth-order valence-corrected chi connectivity index (χ4v) is 6.89. The maximum Gasteiger partial charge on any atom is 0.226 e. The van der Waals surface area contributed by atoms with Gasteiger partial charge in [0.25, 0.3) is 0 Å². The van der Waals surface area contributed by atoms with E-state index in [1.165, 1.54) is 0 Å². The second kappa shape index (κ2) is 14.6. The first-order valence-corrected chi connectivity index (χ1v) is 16.3. The van der Waals surface area contributed by atoms with Gasteiger partial charge in [0.15, 0.2) is 0 Å². The quantitative estimate of drug-likeness (QED) is 0.134. The Morgan fingerprint density at radius 2 is 0.521 bits per heavy atom. The van der Waals surface area contributed by atoms with Crippen LogP contribution in [0.25, 0.3) is 0 Å². The molecule has 0 atom stereocenters. The first kappa shape index (κ1) is 35.2. The Labute approximate surface area is 295 Å². The number of phenolic OH excluding ortho intramolecular Hbond substituents is 4. The van der Waals surface area contributed by atoms with Crippen molar-refractivity contribution in [2.75, 3.05) is 0 Å². The number of phenols is 4. The van der Waals surface area contributed by atoms with E-state index in [2.05, 4.69) is 0 Å². The predicted molar refractivity (Wildman–Crippen MR) is 182 cm³/mol. The number of fused-ring (bicyclic) bond motifs is 8. The highest BCUT2D eigenvalue weighted by Gasteiger charge is 2.23. The van der Waals surface area contributed by atoms with Crippen LogP contribution in [-0.2, 0) is 70.5 Å². The molecular weight excluding hydrogens is 702 g/mol. The van der Waals surface area contributed by atoms with Crippen LogP contribution in [0.15, 0.2) is 48.5 Å². The molecule has 0 fully saturated rings. The third kappa shape index (κ3) is 8.31. The molecule has 5 rings (SSSR count). The Hall–Kier alpha value is -4.08. The summed E-state index contributed by atoms with van der Waals surface area (Å²) in [5.74, 6) is -0.646. The number of rotatable bonds is 8. The monoisotopic (exact) mass is 728 g/mol. The number of halogens is 4. The molecule has 0 saturated carbocycles. The Morgan fingerprint density at radius 1 is 0.375 bits per heavy atom. The van der Waals surface area contributed by atoms with Crippen molar-refractivity contribution in [3.8, 4) is 23.0 Å². The molecule has 248 valence electrons. The highest BCUT2D eigenvalue weighted by molar-refractivity contribution is 6.64. The van der Waals surface area contributed by atoms with Crippen molar-refractivity contribution in [3.63, 3.8) is 0 Å². The minimum Gasteiger partial charge on any atom is -0.507 e. The molecule has 4 aromatic rings. The molecular formula is C36H28Cl4O8. The SMILES string of the molecule is O=C(Cl)Cc1cc2c(O)c(c1)Cc1cc(CC(=O)Cl)cc(c1O)Cc1cc(CC(=O)Cl)cc(c1O)Cc1cc(CC(=O)Cl)cc(c1O)C2. The lowest BCUT2D eigenvalue weighted by molar-refractivity contribution is -0.111. The van der Waals surface area contributed by atoms with Crippen LogP contribution in [0.1, 0.15) is 66.8 Å². The lowest BCUT2D eigenvalue weighted by atomic mass is 9.87. The number of carbonyl (C=O) groups excluding carboxylic acids is 4. The second-order valence-corrected chi connectivity index (χ2v) is 13.6. The van der Waals surface area contributed by atoms with Gasteiger partial charge in [-0.05, 0) is 113 Å². The summed E-state index contributed by atoms with van der Waals surface area (Å²) in [6, 6.07) is 12.7. The van der Waals surface area contributed by atoms with E-state index in [4.69, 9.17) is 46.4 Å². The first-order valence-electron chi connectivity index (χ1n) is 14.7. The summed E-state index contributed by atoms with van der Waals surface area (Å²) in [5.41, 5.74) is 4.46. The van der Waals surface area contributed by atoms with Crippen LogP contribution in [0, 0.1) is 0 Å². The molecule has 12 heteroatoms. The van der Waals surface area contributed by atoms with Gasteiger partial charge in [0, 0.05) is 51.4 Å². The smallest absolute Gasteiger partial charge is 0.226 e. The van der Waals surface area contributed by atoms with Crippen molar-refractivity contribution in [2.24, 2.45) is 0 Å². The van der Waals surface area contributed by atoms with Crippen molar-refractivity contribution in [1.29, 1.82) is 0 Å². The van der Waals surface area contributed by atoms with Crippen LogP contribution in [0.2, 0.25) is 0 Å². The topological polar surface area (TPSA) is 149 Å². The highest BCUT2D eigenvalue weighted by atomic mass is 35.5. The molecule has 48 heavy (non-hydrogen) atoms. The molecule has 1 aliphatic carbocycles. The molecule has 0 spiro atoms. The maximum absolute atomic E-state index is 11.9. The van der Waals surface area contributed by atoms with E-state index >= 15 is 0 Å². The Kier molecular flexibility index (Phi) is 10.7. The number of hydrogen-bond acceptors (Lipinski definition) is 8. The summed E-state index contributed by atoms with van der Waals surface area (Å²) in [6.45, 7) is 0.